The summed E-state index contributed by atoms with van der Waals surface area (Å²) >= 11 is 7.31. The molecule has 2 fully saturated rings. The van der Waals surface area contributed by atoms with E-state index in [-0.39, 0.29) is 18.6 Å². The van der Waals surface area contributed by atoms with Crippen molar-refractivity contribution in [3.63, 3.8) is 0 Å². The van der Waals surface area contributed by atoms with Crippen LogP contribution in [0.25, 0.3) is 0 Å². The van der Waals surface area contributed by atoms with Crippen LogP contribution in [-0.2, 0) is 17.9 Å². The van der Waals surface area contributed by atoms with Crippen LogP contribution in [0.1, 0.15) is 38.4 Å². The van der Waals surface area contributed by atoms with Crippen molar-refractivity contribution >= 4 is 29.3 Å². The maximum absolute atomic E-state index is 12.6. The van der Waals surface area contributed by atoms with E-state index in [9.17, 15) is 4.79 Å². The second-order valence-corrected chi connectivity index (χ2v) is 9.90. The standard InChI is InChI=1S/C23H29ClN4O2S/c1-3-10-28-21(13-30-19-8-6-18(24)7-9-19)26-27-23(28)31-14-22(29)25-15(2)20-12-16-4-5-17(20)11-16/h3,6-9,15-17,20H,1,4-5,10-14H2,2H3,(H,25,29). The van der Waals surface area contributed by atoms with Crippen LogP contribution in [0, 0.1) is 17.8 Å². The maximum Gasteiger partial charge on any atom is 0.230 e. The highest BCUT2D eigenvalue weighted by Gasteiger charge is 2.42. The largest absolute Gasteiger partial charge is 0.486 e. The number of rotatable bonds is 10. The van der Waals surface area contributed by atoms with Gasteiger partial charge in [0.15, 0.2) is 11.0 Å². The van der Waals surface area contributed by atoms with Gasteiger partial charge >= 0.3 is 0 Å². The van der Waals surface area contributed by atoms with Crippen molar-refractivity contribution in [2.75, 3.05) is 5.75 Å². The second-order valence-electron chi connectivity index (χ2n) is 8.52. The predicted octanol–water partition coefficient (Wildman–Crippen LogP) is 4.73. The zero-order valence-electron chi connectivity index (χ0n) is 17.8. The van der Waals surface area contributed by atoms with Crippen molar-refractivity contribution in [3.8, 4) is 5.75 Å². The molecule has 1 heterocycles. The molecule has 1 amide bonds. The van der Waals surface area contributed by atoms with Crippen molar-refractivity contribution in [3.05, 3.63) is 47.8 Å². The van der Waals surface area contributed by atoms with Gasteiger partial charge in [0.25, 0.3) is 0 Å². The number of nitrogens with one attached hydrogen (secondary N) is 1. The van der Waals surface area contributed by atoms with Crippen LogP contribution in [0.4, 0.5) is 0 Å². The molecule has 0 saturated heterocycles. The molecule has 2 aromatic rings. The van der Waals surface area contributed by atoms with Crippen LogP contribution < -0.4 is 10.1 Å². The van der Waals surface area contributed by atoms with Gasteiger partial charge in [-0.05, 0) is 68.2 Å². The highest BCUT2D eigenvalue weighted by Crippen LogP contribution is 2.49. The minimum Gasteiger partial charge on any atom is -0.486 e. The number of thioether (sulfide) groups is 1. The molecule has 1 N–H and O–H groups in total. The molecule has 0 radical (unpaired) electrons. The number of allylic oxidation sites excluding steroid dienone is 1. The first-order valence-electron chi connectivity index (χ1n) is 10.9. The Morgan fingerprint density at radius 2 is 2.16 bits per heavy atom. The fraction of sp³-hybridized carbons (Fsp3) is 0.522. The summed E-state index contributed by atoms with van der Waals surface area (Å²) in [6.45, 7) is 6.80. The third-order valence-electron chi connectivity index (χ3n) is 6.44. The first-order valence-corrected chi connectivity index (χ1v) is 12.2. The van der Waals surface area contributed by atoms with Crippen LogP contribution in [0.3, 0.4) is 0 Å². The number of nitrogens with zero attached hydrogens (tertiary/aromatic N) is 3. The first kappa shape index (κ1) is 22.2. The van der Waals surface area contributed by atoms with Crippen LogP contribution in [0.15, 0.2) is 42.1 Å². The lowest BCUT2D eigenvalue weighted by atomic mass is 9.84. The summed E-state index contributed by atoms with van der Waals surface area (Å²) in [5.74, 6) is 4.08. The van der Waals surface area contributed by atoms with E-state index in [1.54, 1.807) is 18.2 Å². The van der Waals surface area contributed by atoms with Crippen LogP contribution in [-0.4, -0.2) is 32.5 Å². The lowest BCUT2D eigenvalue weighted by Crippen LogP contribution is -2.40. The summed E-state index contributed by atoms with van der Waals surface area (Å²) in [4.78, 5) is 12.6. The SMILES string of the molecule is C=CCn1c(COc2ccc(Cl)cc2)nnc1SCC(=O)NC(C)C1CC2CCC1C2. The molecule has 166 valence electrons. The highest BCUT2D eigenvalue weighted by atomic mass is 35.5. The van der Waals surface area contributed by atoms with Gasteiger partial charge in [-0.3, -0.25) is 9.36 Å². The lowest BCUT2D eigenvalue weighted by Gasteiger charge is -2.28. The van der Waals surface area contributed by atoms with E-state index in [2.05, 4.69) is 29.0 Å². The van der Waals surface area contributed by atoms with Gasteiger partial charge < -0.3 is 10.1 Å². The van der Waals surface area contributed by atoms with Gasteiger partial charge in [-0.1, -0.05) is 35.9 Å². The van der Waals surface area contributed by atoms with Gasteiger partial charge in [-0.15, -0.1) is 16.8 Å². The summed E-state index contributed by atoms with van der Waals surface area (Å²) in [5, 5.41) is 13.1. The fourth-order valence-corrected chi connectivity index (χ4v) is 5.87. The van der Waals surface area contributed by atoms with E-state index in [0.29, 0.717) is 40.0 Å². The van der Waals surface area contributed by atoms with Gasteiger partial charge in [-0.2, -0.15) is 0 Å². The molecule has 6 nitrogen and oxygen atoms in total. The monoisotopic (exact) mass is 460 g/mol. The van der Waals surface area contributed by atoms with Crippen molar-refractivity contribution < 1.29 is 9.53 Å². The Bertz CT molecular complexity index is 917. The summed E-state index contributed by atoms with van der Waals surface area (Å²) in [5.41, 5.74) is 0. The van der Waals surface area contributed by atoms with E-state index >= 15 is 0 Å². The van der Waals surface area contributed by atoms with Gasteiger partial charge in [0.05, 0.1) is 5.75 Å². The van der Waals surface area contributed by atoms with E-state index in [0.717, 1.165) is 11.8 Å². The molecule has 1 aromatic carbocycles. The Morgan fingerprint density at radius 3 is 2.84 bits per heavy atom. The average molecular weight is 461 g/mol. The van der Waals surface area contributed by atoms with Gasteiger partial charge in [0.1, 0.15) is 12.4 Å². The lowest BCUT2D eigenvalue weighted by molar-refractivity contribution is -0.119. The summed E-state index contributed by atoms with van der Waals surface area (Å²) in [6.07, 6.45) is 7.11. The average Bonchev–Trinajstić information content (AvgIpc) is 3.48. The Hall–Kier alpha value is -1.99. The molecule has 2 aliphatic rings. The molecule has 8 heteroatoms. The molecule has 2 bridgehead atoms. The third-order valence-corrected chi connectivity index (χ3v) is 7.66. The number of carbonyl (C=O) groups excluding carboxylic acids is 1. The van der Waals surface area contributed by atoms with Crippen molar-refractivity contribution in [1.82, 2.24) is 20.1 Å². The maximum atomic E-state index is 12.6. The highest BCUT2D eigenvalue weighted by molar-refractivity contribution is 7.99. The van der Waals surface area contributed by atoms with Crippen LogP contribution in [0.5, 0.6) is 5.75 Å². The van der Waals surface area contributed by atoms with Crippen molar-refractivity contribution in [1.29, 1.82) is 0 Å². The molecule has 1 aromatic heterocycles. The number of benzene rings is 1. The van der Waals surface area contributed by atoms with Crippen LogP contribution in [0.2, 0.25) is 5.02 Å². The molecular weight excluding hydrogens is 432 g/mol. The molecule has 2 aliphatic carbocycles. The molecule has 0 aliphatic heterocycles. The molecule has 2 saturated carbocycles. The quantitative estimate of drug-likeness (QED) is 0.410. The second kappa shape index (κ2) is 10.1. The van der Waals surface area contributed by atoms with Gasteiger partial charge in [0.2, 0.25) is 5.91 Å². The Labute approximate surface area is 192 Å². The Balaban J connectivity index is 1.30. The minimum absolute atomic E-state index is 0.0485. The number of aromatic nitrogens is 3. The van der Waals surface area contributed by atoms with Gasteiger partial charge in [0, 0.05) is 17.6 Å². The van der Waals surface area contributed by atoms with E-state index < -0.39 is 0 Å². The minimum atomic E-state index is 0.0485. The predicted molar refractivity (Wildman–Crippen MR) is 123 cm³/mol. The topological polar surface area (TPSA) is 69.0 Å². The Kier molecular flexibility index (Phi) is 7.23. The smallest absolute Gasteiger partial charge is 0.230 e. The first-order chi connectivity index (χ1) is 15.0. The van der Waals surface area contributed by atoms with E-state index in [4.69, 9.17) is 16.3 Å². The molecular formula is C23H29ClN4O2S. The van der Waals surface area contributed by atoms with E-state index in [1.165, 1.54) is 37.4 Å². The molecule has 0 spiro atoms. The summed E-state index contributed by atoms with van der Waals surface area (Å²) in [7, 11) is 0. The number of amides is 1. The number of carbonyl (C=O) groups is 1. The number of hydrogen-bond donors (Lipinski definition) is 1. The summed E-state index contributed by atoms with van der Waals surface area (Å²) < 4.78 is 7.73. The van der Waals surface area contributed by atoms with Crippen LogP contribution >= 0.6 is 23.4 Å². The van der Waals surface area contributed by atoms with Gasteiger partial charge in [-0.25, -0.2) is 0 Å². The number of halogens is 1. The molecule has 4 rings (SSSR count). The molecule has 4 atom stereocenters. The zero-order chi connectivity index (χ0) is 21.8. The third kappa shape index (κ3) is 5.44. The van der Waals surface area contributed by atoms with Crippen molar-refractivity contribution in [2.45, 2.75) is 57.0 Å². The number of hydrogen-bond acceptors (Lipinski definition) is 5. The molecule has 31 heavy (non-hydrogen) atoms. The van der Waals surface area contributed by atoms with Crippen molar-refractivity contribution in [2.24, 2.45) is 17.8 Å². The van der Waals surface area contributed by atoms with E-state index in [1.807, 2.05) is 16.7 Å². The summed E-state index contributed by atoms with van der Waals surface area (Å²) in [6, 6.07) is 7.42. The zero-order valence-corrected chi connectivity index (χ0v) is 19.4. The fourth-order valence-electron chi connectivity index (χ4n) is 4.96. The number of fused-ring (bicyclic) bond motifs is 2. The Morgan fingerprint density at radius 1 is 1.35 bits per heavy atom. The number of ether oxygens (including phenoxy) is 1. The normalized spacial score (nSPS) is 23.0. The molecule has 4 unspecified atom stereocenters.